The van der Waals surface area contributed by atoms with Crippen LogP contribution >= 0.6 is 23.2 Å². The van der Waals surface area contributed by atoms with Crippen molar-refractivity contribution in [3.63, 3.8) is 0 Å². The Bertz CT molecular complexity index is 435. The summed E-state index contributed by atoms with van der Waals surface area (Å²) >= 11 is 11.9. The Morgan fingerprint density at radius 1 is 1.07 bits per heavy atom. The highest BCUT2D eigenvalue weighted by Crippen LogP contribution is 2.21. The van der Waals surface area contributed by atoms with E-state index in [9.17, 15) is 0 Å². The molecule has 1 aromatic heterocycles. The fourth-order valence-electron chi connectivity index (χ4n) is 1.49. The van der Waals surface area contributed by atoms with Crippen LogP contribution in [-0.2, 0) is 13.0 Å². The van der Waals surface area contributed by atoms with Crippen molar-refractivity contribution in [1.82, 2.24) is 4.57 Å². The van der Waals surface area contributed by atoms with Gasteiger partial charge in [0.05, 0.1) is 0 Å². The lowest BCUT2D eigenvalue weighted by atomic mass is 10.1. The molecule has 0 saturated heterocycles. The molecule has 0 N–H and O–H groups in total. The van der Waals surface area contributed by atoms with Gasteiger partial charge in [0.2, 0.25) is 0 Å². The van der Waals surface area contributed by atoms with Crippen LogP contribution in [-0.4, -0.2) is 4.57 Å². The number of rotatable bonds is 3. The number of hydrogen-bond donors (Lipinski definition) is 0. The van der Waals surface area contributed by atoms with Crippen LogP contribution in [0.15, 0.2) is 42.7 Å². The average molecular weight is 240 g/mol. The molecule has 0 saturated carbocycles. The van der Waals surface area contributed by atoms with Gasteiger partial charge in [-0.3, -0.25) is 0 Å². The smallest absolute Gasteiger partial charge is 0.0453 e. The number of aromatic nitrogens is 1. The summed E-state index contributed by atoms with van der Waals surface area (Å²) < 4.78 is 2.13. The fraction of sp³-hybridized carbons (Fsp3) is 0.167. The molecular weight excluding hydrogens is 229 g/mol. The molecule has 0 spiro atoms. The van der Waals surface area contributed by atoms with Crippen molar-refractivity contribution in [3.05, 3.63) is 58.3 Å². The maximum atomic E-state index is 6.08. The SMILES string of the molecule is Clc1ccc(CCn2cccc2)c(Cl)c1. The molecule has 0 unspecified atom stereocenters. The van der Waals surface area contributed by atoms with Crippen molar-refractivity contribution in [2.75, 3.05) is 0 Å². The fourth-order valence-corrected chi connectivity index (χ4v) is 2.00. The van der Waals surface area contributed by atoms with Crippen LogP contribution in [0.25, 0.3) is 0 Å². The zero-order valence-corrected chi connectivity index (χ0v) is 9.67. The Kier molecular flexibility index (Phi) is 3.34. The van der Waals surface area contributed by atoms with Gasteiger partial charge in [0.1, 0.15) is 0 Å². The molecule has 1 nitrogen and oxygen atoms in total. The van der Waals surface area contributed by atoms with Gasteiger partial charge in [-0.15, -0.1) is 0 Å². The lowest BCUT2D eigenvalue weighted by Crippen LogP contribution is -1.98. The highest BCUT2D eigenvalue weighted by atomic mass is 35.5. The quantitative estimate of drug-likeness (QED) is 0.763. The van der Waals surface area contributed by atoms with Crippen LogP contribution < -0.4 is 0 Å². The van der Waals surface area contributed by atoms with Crippen molar-refractivity contribution in [3.8, 4) is 0 Å². The van der Waals surface area contributed by atoms with Crippen molar-refractivity contribution < 1.29 is 0 Å². The molecular formula is C12H11Cl2N. The third-order valence-corrected chi connectivity index (χ3v) is 2.91. The minimum absolute atomic E-state index is 0.685. The molecule has 0 aliphatic heterocycles. The molecule has 0 bridgehead atoms. The van der Waals surface area contributed by atoms with E-state index in [-0.39, 0.29) is 0 Å². The number of halogens is 2. The second-order valence-corrected chi connectivity index (χ2v) is 4.25. The third kappa shape index (κ3) is 2.77. The summed E-state index contributed by atoms with van der Waals surface area (Å²) in [5.74, 6) is 0. The highest BCUT2D eigenvalue weighted by Gasteiger charge is 2.01. The highest BCUT2D eigenvalue weighted by molar-refractivity contribution is 6.35. The standard InChI is InChI=1S/C12H11Cl2N/c13-11-4-3-10(12(14)9-11)5-8-15-6-1-2-7-15/h1-4,6-7,9H,5,8H2. The van der Waals surface area contributed by atoms with E-state index in [1.54, 1.807) is 6.07 Å². The average Bonchev–Trinajstić information content (AvgIpc) is 2.69. The van der Waals surface area contributed by atoms with E-state index in [0.717, 1.165) is 23.6 Å². The second kappa shape index (κ2) is 4.73. The zero-order valence-electron chi connectivity index (χ0n) is 8.16. The first-order chi connectivity index (χ1) is 7.25. The number of benzene rings is 1. The van der Waals surface area contributed by atoms with Gasteiger partial charge in [-0.25, -0.2) is 0 Å². The first-order valence-corrected chi connectivity index (χ1v) is 5.56. The van der Waals surface area contributed by atoms with Crippen LogP contribution in [0.5, 0.6) is 0 Å². The molecule has 0 atom stereocenters. The van der Waals surface area contributed by atoms with Crippen molar-refractivity contribution in [2.24, 2.45) is 0 Å². The van der Waals surface area contributed by atoms with E-state index in [1.165, 1.54) is 0 Å². The lowest BCUT2D eigenvalue weighted by Gasteiger charge is -2.05. The largest absolute Gasteiger partial charge is 0.354 e. The molecule has 0 amide bonds. The minimum atomic E-state index is 0.685. The molecule has 0 aliphatic rings. The molecule has 0 fully saturated rings. The third-order valence-electron chi connectivity index (χ3n) is 2.32. The van der Waals surface area contributed by atoms with Crippen molar-refractivity contribution in [1.29, 1.82) is 0 Å². The molecule has 2 aromatic rings. The van der Waals surface area contributed by atoms with E-state index >= 15 is 0 Å². The molecule has 0 radical (unpaired) electrons. The Hall–Kier alpha value is -0.920. The molecule has 78 valence electrons. The number of nitrogens with zero attached hydrogens (tertiary/aromatic N) is 1. The van der Waals surface area contributed by atoms with Gasteiger partial charge in [0.25, 0.3) is 0 Å². The van der Waals surface area contributed by atoms with Crippen molar-refractivity contribution >= 4 is 23.2 Å². The Labute approximate surface area is 99.2 Å². The summed E-state index contributed by atoms with van der Waals surface area (Å²) in [6.07, 6.45) is 5.01. The predicted molar refractivity (Wildman–Crippen MR) is 64.6 cm³/mol. The summed E-state index contributed by atoms with van der Waals surface area (Å²) in [4.78, 5) is 0. The van der Waals surface area contributed by atoms with Crippen LogP contribution in [0.3, 0.4) is 0 Å². The molecule has 0 aliphatic carbocycles. The molecule has 3 heteroatoms. The lowest BCUT2D eigenvalue weighted by molar-refractivity contribution is 0.701. The van der Waals surface area contributed by atoms with Gasteiger partial charge >= 0.3 is 0 Å². The summed E-state index contributed by atoms with van der Waals surface area (Å²) in [6.45, 7) is 0.939. The molecule has 1 heterocycles. The second-order valence-electron chi connectivity index (χ2n) is 3.41. The number of hydrogen-bond acceptors (Lipinski definition) is 0. The Morgan fingerprint density at radius 3 is 2.47 bits per heavy atom. The van der Waals surface area contributed by atoms with Crippen molar-refractivity contribution in [2.45, 2.75) is 13.0 Å². The molecule has 1 aromatic carbocycles. The van der Waals surface area contributed by atoms with E-state index in [4.69, 9.17) is 23.2 Å². The topological polar surface area (TPSA) is 4.93 Å². The molecule has 2 rings (SSSR count). The van der Waals surface area contributed by atoms with E-state index in [2.05, 4.69) is 4.57 Å². The van der Waals surface area contributed by atoms with E-state index < -0.39 is 0 Å². The van der Waals surface area contributed by atoms with Gasteiger partial charge in [-0.1, -0.05) is 29.3 Å². The summed E-state index contributed by atoms with van der Waals surface area (Å²) in [6, 6.07) is 9.67. The first kappa shape index (κ1) is 10.6. The van der Waals surface area contributed by atoms with Crippen LogP contribution in [0.1, 0.15) is 5.56 Å². The number of aryl methyl sites for hydroxylation is 2. The zero-order chi connectivity index (χ0) is 10.7. The van der Waals surface area contributed by atoms with Gasteiger partial charge in [0, 0.05) is 29.0 Å². The van der Waals surface area contributed by atoms with Gasteiger partial charge in [0.15, 0.2) is 0 Å². The van der Waals surface area contributed by atoms with Gasteiger partial charge in [-0.2, -0.15) is 0 Å². The van der Waals surface area contributed by atoms with Gasteiger partial charge < -0.3 is 4.57 Å². The van der Waals surface area contributed by atoms with Crippen LogP contribution in [0.2, 0.25) is 10.0 Å². The summed E-state index contributed by atoms with van der Waals surface area (Å²) in [7, 11) is 0. The maximum absolute atomic E-state index is 6.08. The Morgan fingerprint density at radius 2 is 1.80 bits per heavy atom. The normalized spacial score (nSPS) is 10.5. The van der Waals surface area contributed by atoms with Gasteiger partial charge in [-0.05, 0) is 36.2 Å². The van der Waals surface area contributed by atoms with E-state index in [1.807, 2.05) is 36.7 Å². The maximum Gasteiger partial charge on any atom is 0.0453 e. The molecule has 15 heavy (non-hydrogen) atoms. The summed E-state index contributed by atoms with van der Waals surface area (Å²) in [5, 5.41) is 1.43. The minimum Gasteiger partial charge on any atom is -0.354 e. The predicted octanol–water partition coefficient (Wildman–Crippen LogP) is 4.04. The van der Waals surface area contributed by atoms with Crippen LogP contribution in [0.4, 0.5) is 0 Å². The summed E-state index contributed by atoms with van der Waals surface area (Å²) in [5.41, 5.74) is 1.13. The monoisotopic (exact) mass is 239 g/mol. The first-order valence-electron chi connectivity index (χ1n) is 4.80. The Balaban J connectivity index is 2.05. The van der Waals surface area contributed by atoms with Crippen LogP contribution in [0, 0.1) is 0 Å². The van der Waals surface area contributed by atoms with E-state index in [0.29, 0.717) is 5.02 Å².